The molecule has 0 amide bonds. The summed E-state index contributed by atoms with van der Waals surface area (Å²) in [7, 11) is 1.50. The average Bonchev–Trinajstić information content (AvgIpc) is 2.42. The van der Waals surface area contributed by atoms with Crippen LogP contribution in [0.25, 0.3) is 0 Å². The minimum absolute atomic E-state index is 0.0533. The van der Waals surface area contributed by atoms with Crippen molar-refractivity contribution in [2.45, 2.75) is 39.2 Å². The lowest BCUT2D eigenvalue weighted by Crippen LogP contribution is -2.31. The van der Waals surface area contributed by atoms with E-state index in [2.05, 4.69) is 24.1 Å². The summed E-state index contributed by atoms with van der Waals surface area (Å²) in [6.45, 7) is 5.04. The smallest absolute Gasteiger partial charge is 0.291 e. The van der Waals surface area contributed by atoms with Crippen LogP contribution in [0.1, 0.15) is 32.4 Å². The number of hydrogen-bond acceptors (Lipinski definition) is 5. The summed E-state index contributed by atoms with van der Waals surface area (Å²) in [4.78, 5) is 14.8. The predicted octanol–water partition coefficient (Wildman–Crippen LogP) is 2.32. The molecule has 1 atom stereocenters. The van der Waals surface area contributed by atoms with Crippen molar-refractivity contribution >= 4 is 5.69 Å². The number of nitrogens with one attached hydrogen (secondary N) is 1. The van der Waals surface area contributed by atoms with E-state index in [0.717, 1.165) is 19.4 Å². The van der Waals surface area contributed by atoms with E-state index in [1.165, 1.54) is 19.2 Å². The third-order valence-electron chi connectivity index (χ3n) is 2.95. The monoisotopic (exact) mass is 267 g/mol. The van der Waals surface area contributed by atoms with Crippen LogP contribution >= 0.6 is 0 Å². The molecule has 19 heavy (non-hydrogen) atoms. The van der Waals surface area contributed by atoms with E-state index in [1.54, 1.807) is 0 Å². The Bertz CT molecular complexity index is 424. The second-order valence-electron chi connectivity index (χ2n) is 4.34. The number of pyridine rings is 1. The topological polar surface area (TPSA) is 77.3 Å². The van der Waals surface area contributed by atoms with Gasteiger partial charge in [0, 0.05) is 24.6 Å². The molecule has 0 spiro atoms. The van der Waals surface area contributed by atoms with Gasteiger partial charge in [-0.2, -0.15) is 0 Å². The van der Waals surface area contributed by atoms with Gasteiger partial charge in [0.05, 0.1) is 12.0 Å². The molecule has 0 bridgehead atoms. The van der Waals surface area contributed by atoms with Gasteiger partial charge in [0.25, 0.3) is 5.69 Å². The van der Waals surface area contributed by atoms with Crippen LogP contribution < -0.4 is 10.1 Å². The zero-order valence-corrected chi connectivity index (χ0v) is 11.7. The average molecular weight is 267 g/mol. The van der Waals surface area contributed by atoms with Crippen LogP contribution in [0, 0.1) is 10.1 Å². The highest BCUT2D eigenvalue weighted by molar-refractivity contribution is 5.38. The summed E-state index contributed by atoms with van der Waals surface area (Å²) in [5.41, 5.74) is 0.525. The van der Waals surface area contributed by atoms with Crippen molar-refractivity contribution in [3.8, 4) is 5.88 Å². The molecule has 0 saturated carbocycles. The van der Waals surface area contributed by atoms with Crippen molar-refractivity contribution < 1.29 is 9.66 Å². The Balaban J connectivity index is 2.92. The van der Waals surface area contributed by atoms with Crippen molar-refractivity contribution in [2.75, 3.05) is 13.7 Å². The molecule has 0 aliphatic rings. The molecular weight excluding hydrogens is 246 g/mol. The Morgan fingerprint density at radius 2 is 2.21 bits per heavy atom. The molecule has 0 saturated heterocycles. The molecule has 0 fully saturated rings. The first-order valence-corrected chi connectivity index (χ1v) is 6.54. The van der Waals surface area contributed by atoms with Gasteiger partial charge in [0.2, 0.25) is 5.88 Å². The van der Waals surface area contributed by atoms with Crippen LogP contribution in [0.15, 0.2) is 12.1 Å². The van der Waals surface area contributed by atoms with Gasteiger partial charge in [-0.3, -0.25) is 10.1 Å². The van der Waals surface area contributed by atoms with Crippen molar-refractivity contribution in [2.24, 2.45) is 0 Å². The van der Waals surface area contributed by atoms with Gasteiger partial charge in [-0.15, -0.1) is 0 Å². The first kappa shape index (κ1) is 15.4. The second kappa shape index (κ2) is 7.68. The fraction of sp³-hybridized carbons (Fsp3) is 0.615. The van der Waals surface area contributed by atoms with Gasteiger partial charge in [0.1, 0.15) is 5.69 Å². The molecule has 1 heterocycles. The van der Waals surface area contributed by atoms with E-state index in [1.807, 2.05) is 0 Å². The number of hydrogen-bond donors (Lipinski definition) is 1. The number of methoxy groups -OCH3 is 1. The van der Waals surface area contributed by atoms with E-state index < -0.39 is 4.92 Å². The molecule has 1 N–H and O–H groups in total. The van der Waals surface area contributed by atoms with Crippen LogP contribution in [0.3, 0.4) is 0 Å². The standard InChI is InChI=1S/C13H21N3O3/c1-4-8-14-10(5-2)9-11-12(16(17)18)6-7-13(15-11)19-3/h6-7,10,14H,4-5,8-9H2,1-3H3. The fourth-order valence-corrected chi connectivity index (χ4v) is 1.85. The van der Waals surface area contributed by atoms with Gasteiger partial charge in [0.15, 0.2) is 0 Å². The zero-order chi connectivity index (χ0) is 14.3. The van der Waals surface area contributed by atoms with Crippen molar-refractivity contribution in [3.05, 3.63) is 27.9 Å². The lowest BCUT2D eigenvalue weighted by Gasteiger charge is -2.16. The zero-order valence-electron chi connectivity index (χ0n) is 11.7. The van der Waals surface area contributed by atoms with Crippen molar-refractivity contribution in [1.29, 1.82) is 0 Å². The highest BCUT2D eigenvalue weighted by atomic mass is 16.6. The number of rotatable bonds is 8. The minimum atomic E-state index is -0.395. The summed E-state index contributed by atoms with van der Waals surface area (Å²) in [5, 5.41) is 14.4. The van der Waals surface area contributed by atoms with E-state index in [-0.39, 0.29) is 11.7 Å². The molecule has 0 aliphatic carbocycles. The van der Waals surface area contributed by atoms with Gasteiger partial charge < -0.3 is 10.1 Å². The summed E-state index contributed by atoms with van der Waals surface area (Å²) in [6.07, 6.45) is 2.46. The predicted molar refractivity (Wildman–Crippen MR) is 73.5 cm³/mol. The Morgan fingerprint density at radius 3 is 2.74 bits per heavy atom. The summed E-state index contributed by atoms with van der Waals surface area (Å²) >= 11 is 0. The van der Waals surface area contributed by atoms with Gasteiger partial charge >= 0.3 is 0 Å². The summed E-state index contributed by atoms with van der Waals surface area (Å²) < 4.78 is 5.03. The summed E-state index contributed by atoms with van der Waals surface area (Å²) in [5.74, 6) is 0.408. The van der Waals surface area contributed by atoms with Crippen LogP contribution in [-0.4, -0.2) is 29.6 Å². The maximum atomic E-state index is 11.0. The quantitative estimate of drug-likeness (QED) is 0.577. The molecule has 106 valence electrons. The molecule has 1 rings (SSSR count). The maximum Gasteiger partial charge on any atom is 0.291 e. The second-order valence-corrected chi connectivity index (χ2v) is 4.34. The molecule has 0 aromatic carbocycles. The SMILES string of the molecule is CCCNC(CC)Cc1nc(OC)ccc1[N+](=O)[O-]. The number of nitro groups is 1. The largest absolute Gasteiger partial charge is 0.481 e. The molecule has 0 radical (unpaired) electrons. The molecule has 6 heteroatoms. The van der Waals surface area contributed by atoms with Gasteiger partial charge in [-0.25, -0.2) is 4.98 Å². The Labute approximate surface area is 113 Å². The van der Waals surface area contributed by atoms with Crippen LogP contribution in [0.5, 0.6) is 5.88 Å². The Morgan fingerprint density at radius 1 is 1.47 bits per heavy atom. The van der Waals surface area contributed by atoms with E-state index in [0.29, 0.717) is 18.0 Å². The Kier molecular flexibility index (Phi) is 6.21. The lowest BCUT2D eigenvalue weighted by molar-refractivity contribution is -0.386. The highest BCUT2D eigenvalue weighted by Gasteiger charge is 2.19. The Hall–Kier alpha value is -1.69. The highest BCUT2D eigenvalue weighted by Crippen LogP contribution is 2.21. The molecule has 1 unspecified atom stereocenters. The third kappa shape index (κ3) is 4.48. The number of aromatic nitrogens is 1. The molecular formula is C13H21N3O3. The third-order valence-corrected chi connectivity index (χ3v) is 2.95. The maximum absolute atomic E-state index is 11.0. The van der Waals surface area contributed by atoms with Crippen LogP contribution in [0.4, 0.5) is 5.69 Å². The molecule has 6 nitrogen and oxygen atoms in total. The molecule has 1 aromatic heterocycles. The van der Waals surface area contributed by atoms with E-state index in [4.69, 9.17) is 4.74 Å². The van der Waals surface area contributed by atoms with Gasteiger partial charge in [-0.05, 0) is 19.4 Å². The van der Waals surface area contributed by atoms with Gasteiger partial charge in [-0.1, -0.05) is 13.8 Å². The fourth-order valence-electron chi connectivity index (χ4n) is 1.85. The normalized spacial score (nSPS) is 12.2. The van der Waals surface area contributed by atoms with Crippen molar-refractivity contribution in [3.63, 3.8) is 0 Å². The lowest BCUT2D eigenvalue weighted by atomic mass is 10.1. The summed E-state index contributed by atoms with van der Waals surface area (Å²) in [6, 6.07) is 3.16. The van der Waals surface area contributed by atoms with E-state index in [9.17, 15) is 10.1 Å². The first-order valence-electron chi connectivity index (χ1n) is 6.54. The molecule has 0 aliphatic heterocycles. The number of ether oxygens (including phenoxy) is 1. The van der Waals surface area contributed by atoms with E-state index >= 15 is 0 Å². The minimum Gasteiger partial charge on any atom is -0.481 e. The number of nitrogens with zero attached hydrogens (tertiary/aromatic N) is 2. The van der Waals surface area contributed by atoms with Crippen molar-refractivity contribution in [1.82, 2.24) is 10.3 Å². The first-order chi connectivity index (χ1) is 9.12. The van der Waals surface area contributed by atoms with Crippen LogP contribution in [0.2, 0.25) is 0 Å². The van der Waals surface area contributed by atoms with Crippen LogP contribution in [-0.2, 0) is 6.42 Å². The molecule has 1 aromatic rings.